The Bertz CT molecular complexity index is 566. The normalized spacial score (nSPS) is 10.1. The van der Waals surface area contributed by atoms with Crippen LogP contribution in [-0.2, 0) is 11.2 Å². The van der Waals surface area contributed by atoms with Gasteiger partial charge in [-0.1, -0.05) is 42.0 Å². The molecule has 18 heavy (non-hydrogen) atoms. The minimum absolute atomic E-state index is 0.217. The summed E-state index contributed by atoms with van der Waals surface area (Å²) < 4.78 is 13.3. The van der Waals surface area contributed by atoms with Crippen molar-refractivity contribution < 1.29 is 9.18 Å². The summed E-state index contributed by atoms with van der Waals surface area (Å²) >= 11 is 0. The Balaban J connectivity index is 2.03. The zero-order valence-electron chi connectivity index (χ0n) is 10.1. The molecule has 0 heterocycles. The summed E-state index contributed by atoms with van der Waals surface area (Å²) in [6.07, 6.45) is 0.246. The standard InChI is InChI=1S/C15H14FNO/c1-11-5-4-6-12(9-11)10-15(18)17-14-8-3-2-7-13(14)16/h2-9H,10H2,1H3,(H,17,18). The van der Waals surface area contributed by atoms with E-state index in [9.17, 15) is 9.18 Å². The fourth-order valence-corrected chi connectivity index (χ4v) is 1.76. The van der Waals surface area contributed by atoms with Gasteiger partial charge < -0.3 is 5.32 Å². The summed E-state index contributed by atoms with van der Waals surface area (Å²) in [4.78, 5) is 11.8. The van der Waals surface area contributed by atoms with E-state index in [4.69, 9.17) is 0 Å². The van der Waals surface area contributed by atoms with Crippen LogP contribution in [0.1, 0.15) is 11.1 Å². The van der Waals surface area contributed by atoms with Crippen LogP contribution in [0.4, 0.5) is 10.1 Å². The highest BCUT2D eigenvalue weighted by Crippen LogP contribution is 2.13. The Hall–Kier alpha value is -2.16. The van der Waals surface area contributed by atoms with Crippen molar-refractivity contribution in [3.63, 3.8) is 0 Å². The molecule has 1 amide bonds. The largest absolute Gasteiger partial charge is 0.323 e. The van der Waals surface area contributed by atoms with Crippen molar-refractivity contribution in [1.29, 1.82) is 0 Å². The first kappa shape index (κ1) is 12.3. The Morgan fingerprint density at radius 1 is 1.17 bits per heavy atom. The first-order chi connectivity index (χ1) is 8.65. The number of amides is 1. The molecule has 2 nitrogen and oxygen atoms in total. The molecule has 0 fully saturated rings. The average Bonchev–Trinajstić information content (AvgIpc) is 2.32. The number of aryl methyl sites for hydroxylation is 1. The third-order valence-corrected chi connectivity index (χ3v) is 2.60. The van der Waals surface area contributed by atoms with Gasteiger partial charge in [-0.25, -0.2) is 4.39 Å². The first-order valence-corrected chi connectivity index (χ1v) is 5.75. The van der Waals surface area contributed by atoms with Gasteiger partial charge in [0.1, 0.15) is 5.82 Å². The molecule has 0 aliphatic heterocycles. The Labute approximate surface area is 105 Å². The maximum absolute atomic E-state index is 13.3. The molecule has 0 aromatic heterocycles. The number of hydrogen-bond donors (Lipinski definition) is 1. The topological polar surface area (TPSA) is 29.1 Å². The lowest BCUT2D eigenvalue weighted by molar-refractivity contribution is -0.115. The maximum atomic E-state index is 13.3. The molecule has 0 aliphatic carbocycles. The Morgan fingerprint density at radius 2 is 1.94 bits per heavy atom. The van der Waals surface area contributed by atoms with E-state index >= 15 is 0 Å². The molecule has 0 aliphatic rings. The predicted molar refractivity (Wildman–Crippen MR) is 69.9 cm³/mol. The lowest BCUT2D eigenvalue weighted by atomic mass is 10.1. The van der Waals surface area contributed by atoms with Gasteiger partial charge >= 0.3 is 0 Å². The highest BCUT2D eigenvalue weighted by Gasteiger charge is 2.07. The lowest BCUT2D eigenvalue weighted by Gasteiger charge is -2.06. The molecule has 2 aromatic carbocycles. The van der Waals surface area contributed by atoms with Crippen molar-refractivity contribution in [2.24, 2.45) is 0 Å². The predicted octanol–water partition coefficient (Wildman–Crippen LogP) is 3.32. The number of carbonyl (C=O) groups excluding carboxylic acids is 1. The zero-order valence-corrected chi connectivity index (χ0v) is 10.1. The fourth-order valence-electron chi connectivity index (χ4n) is 1.76. The fraction of sp³-hybridized carbons (Fsp3) is 0.133. The molecule has 0 radical (unpaired) electrons. The zero-order chi connectivity index (χ0) is 13.0. The lowest BCUT2D eigenvalue weighted by Crippen LogP contribution is -2.15. The summed E-state index contributed by atoms with van der Waals surface area (Å²) in [5, 5.41) is 2.56. The van der Waals surface area contributed by atoms with Gasteiger partial charge in [0.2, 0.25) is 5.91 Å². The minimum Gasteiger partial charge on any atom is -0.323 e. The average molecular weight is 243 g/mol. The van der Waals surface area contributed by atoms with Gasteiger partial charge in [-0.05, 0) is 24.6 Å². The molecule has 0 atom stereocenters. The van der Waals surface area contributed by atoms with Crippen LogP contribution in [0.5, 0.6) is 0 Å². The van der Waals surface area contributed by atoms with E-state index in [1.807, 2.05) is 31.2 Å². The highest BCUT2D eigenvalue weighted by molar-refractivity contribution is 5.92. The summed E-state index contributed by atoms with van der Waals surface area (Å²) in [5.41, 5.74) is 2.24. The van der Waals surface area contributed by atoms with Crippen molar-refractivity contribution >= 4 is 11.6 Å². The monoisotopic (exact) mass is 243 g/mol. The third kappa shape index (κ3) is 3.17. The molecule has 2 rings (SSSR count). The molecule has 0 unspecified atom stereocenters. The maximum Gasteiger partial charge on any atom is 0.228 e. The molecule has 3 heteroatoms. The number of para-hydroxylation sites is 1. The van der Waals surface area contributed by atoms with E-state index in [2.05, 4.69) is 5.32 Å². The van der Waals surface area contributed by atoms with Gasteiger partial charge in [-0.2, -0.15) is 0 Å². The molecule has 0 bridgehead atoms. The van der Waals surface area contributed by atoms with E-state index in [0.29, 0.717) is 0 Å². The number of anilines is 1. The summed E-state index contributed by atoms with van der Waals surface area (Å²) in [6.45, 7) is 1.97. The minimum atomic E-state index is -0.421. The molecule has 0 saturated heterocycles. The SMILES string of the molecule is Cc1cccc(CC(=O)Nc2ccccc2F)c1. The van der Waals surface area contributed by atoms with E-state index < -0.39 is 5.82 Å². The van der Waals surface area contributed by atoms with Gasteiger partial charge in [-0.15, -0.1) is 0 Å². The van der Waals surface area contributed by atoms with Gasteiger partial charge in [0.15, 0.2) is 0 Å². The van der Waals surface area contributed by atoms with E-state index in [1.54, 1.807) is 18.2 Å². The molecule has 0 spiro atoms. The molecule has 2 aromatic rings. The molecule has 92 valence electrons. The summed E-state index contributed by atoms with van der Waals surface area (Å²) in [7, 11) is 0. The number of halogens is 1. The number of hydrogen-bond acceptors (Lipinski definition) is 1. The van der Waals surface area contributed by atoms with Crippen molar-refractivity contribution in [3.05, 3.63) is 65.5 Å². The smallest absolute Gasteiger partial charge is 0.228 e. The third-order valence-electron chi connectivity index (χ3n) is 2.60. The number of benzene rings is 2. The van der Waals surface area contributed by atoms with Crippen LogP contribution in [0.15, 0.2) is 48.5 Å². The van der Waals surface area contributed by atoms with Gasteiger partial charge in [-0.3, -0.25) is 4.79 Å². The van der Waals surface area contributed by atoms with Gasteiger partial charge in [0, 0.05) is 0 Å². The van der Waals surface area contributed by atoms with Crippen molar-refractivity contribution in [1.82, 2.24) is 0 Å². The second kappa shape index (κ2) is 5.45. The van der Waals surface area contributed by atoms with Crippen LogP contribution in [0.2, 0.25) is 0 Å². The molecule has 0 saturated carbocycles. The van der Waals surface area contributed by atoms with Crippen LogP contribution < -0.4 is 5.32 Å². The van der Waals surface area contributed by atoms with Gasteiger partial charge in [0.05, 0.1) is 12.1 Å². The Kier molecular flexibility index (Phi) is 3.72. The molecular weight excluding hydrogens is 229 g/mol. The second-order valence-corrected chi connectivity index (χ2v) is 4.19. The van der Waals surface area contributed by atoms with Gasteiger partial charge in [0.25, 0.3) is 0 Å². The molecular formula is C15H14FNO. The van der Waals surface area contributed by atoms with Crippen molar-refractivity contribution in [2.45, 2.75) is 13.3 Å². The van der Waals surface area contributed by atoms with Crippen LogP contribution in [-0.4, -0.2) is 5.91 Å². The quantitative estimate of drug-likeness (QED) is 0.880. The molecule has 1 N–H and O–H groups in total. The number of rotatable bonds is 3. The van der Waals surface area contributed by atoms with Crippen LogP contribution in [0.25, 0.3) is 0 Å². The van der Waals surface area contributed by atoms with Crippen molar-refractivity contribution in [3.8, 4) is 0 Å². The van der Waals surface area contributed by atoms with Crippen LogP contribution in [0.3, 0.4) is 0 Å². The van der Waals surface area contributed by atoms with E-state index in [-0.39, 0.29) is 18.0 Å². The van der Waals surface area contributed by atoms with E-state index in [0.717, 1.165) is 11.1 Å². The number of nitrogens with one attached hydrogen (secondary N) is 1. The summed E-state index contributed by atoms with van der Waals surface area (Å²) in [5.74, 6) is -0.638. The first-order valence-electron chi connectivity index (χ1n) is 5.75. The second-order valence-electron chi connectivity index (χ2n) is 4.19. The van der Waals surface area contributed by atoms with Crippen LogP contribution in [0, 0.1) is 12.7 Å². The van der Waals surface area contributed by atoms with Crippen LogP contribution >= 0.6 is 0 Å². The summed E-state index contributed by atoms with van der Waals surface area (Å²) in [6, 6.07) is 13.8. The Morgan fingerprint density at radius 3 is 2.67 bits per heavy atom. The highest BCUT2D eigenvalue weighted by atomic mass is 19.1. The number of carbonyl (C=O) groups is 1. The van der Waals surface area contributed by atoms with Crippen molar-refractivity contribution in [2.75, 3.05) is 5.32 Å². The van der Waals surface area contributed by atoms with E-state index in [1.165, 1.54) is 6.07 Å².